The number of amides is 2. The molecule has 7 heteroatoms. The van der Waals surface area contributed by atoms with E-state index in [4.69, 9.17) is 9.47 Å². The summed E-state index contributed by atoms with van der Waals surface area (Å²) in [7, 11) is 1.67. The van der Waals surface area contributed by atoms with E-state index in [-0.39, 0.29) is 17.9 Å². The third-order valence-electron chi connectivity index (χ3n) is 6.08. The summed E-state index contributed by atoms with van der Waals surface area (Å²) in [6.07, 6.45) is 0. The molecule has 2 aromatic rings. The summed E-state index contributed by atoms with van der Waals surface area (Å²) < 4.78 is 11.1. The van der Waals surface area contributed by atoms with Gasteiger partial charge in [0.2, 0.25) is 0 Å². The second-order valence-electron chi connectivity index (χ2n) is 8.40. The molecule has 7 nitrogen and oxygen atoms in total. The first-order valence-corrected chi connectivity index (χ1v) is 11.4. The van der Waals surface area contributed by atoms with Crippen molar-refractivity contribution in [3.63, 3.8) is 0 Å². The van der Waals surface area contributed by atoms with Gasteiger partial charge in [-0.25, -0.2) is 0 Å². The van der Waals surface area contributed by atoms with Crippen molar-refractivity contribution in [1.82, 2.24) is 9.80 Å². The van der Waals surface area contributed by atoms with Crippen molar-refractivity contribution >= 4 is 23.1 Å². The molecule has 0 saturated carbocycles. The Morgan fingerprint density at radius 1 is 0.879 bits per heavy atom. The molecule has 0 unspecified atom stereocenters. The fourth-order valence-electron chi connectivity index (χ4n) is 4.50. The van der Waals surface area contributed by atoms with Crippen LogP contribution >= 0.6 is 0 Å². The van der Waals surface area contributed by atoms with Crippen LogP contribution in [0.3, 0.4) is 0 Å². The highest BCUT2D eigenvalue weighted by molar-refractivity contribution is 6.35. The summed E-state index contributed by atoms with van der Waals surface area (Å²) in [6, 6.07) is 15.2. The average Bonchev–Trinajstić information content (AvgIpc) is 3.10. The lowest BCUT2D eigenvalue weighted by atomic mass is 10.0. The van der Waals surface area contributed by atoms with Crippen molar-refractivity contribution in [3.05, 3.63) is 59.8 Å². The fraction of sp³-hybridized carbons (Fsp3) is 0.385. The summed E-state index contributed by atoms with van der Waals surface area (Å²) in [4.78, 5) is 32.4. The molecule has 1 saturated heterocycles. The van der Waals surface area contributed by atoms with Crippen molar-refractivity contribution in [3.8, 4) is 11.5 Å². The predicted molar refractivity (Wildman–Crippen MR) is 128 cm³/mol. The molecule has 4 rings (SSSR count). The van der Waals surface area contributed by atoms with Gasteiger partial charge in [-0.2, -0.15) is 0 Å². The van der Waals surface area contributed by atoms with E-state index in [2.05, 4.69) is 9.80 Å². The number of para-hydroxylation sites is 2. The second kappa shape index (κ2) is 9.57. The van der Waals surface area contributed by atoms with Crippen molar-refractivity contribution in [2.45, 2.75) is 26.8 Å². The lowest BCUT2D eigenvalue weighted by molar-refractivity contribution is -0.139. The first-order chi connectivity index (χ1) is 16.0. The van der Waals surface area contributed by atoms with Crippen LogP contribution in [-0.2, 0) is 9.59 Å². The van der Waals surface area contributed by atoms with E-state index in [1.54, 1.807) is 7.11 Å². The highest BCUT2D eigenvalue weighted by Crippen LogP contribution is 2.35. The number of anilines is 1. The molecular weight excluding hydrogens is 418 g/mol. The van der Waals surface area contributed by atoms with E-state index in [0.29, 0.717) is 31.0 Å². The standard InChI is InChI=1S/C26H31N3O4/c1-5-33-20-12-10-19(11-13-20)23-24(26(31)29(18(2)3)25(23)30)28-16-14-27(15-17-28)21-8-6-7-9-22(21)32-4/h6-13,18H,5,14-17H2,1-4H3. The third-order valence-corrected chi connectivity index (χ3v) is 6.08. The van der Waals surface area contributed by atoms with Crippen LogP contribution in [0, 0.1) is 0 Å². The van der Waals surface area contributed by atoms with E-state index in [1.165, 1.54) is 4.90 Å². The molecule has 2 aromatic carbocycles. The van der Waals surface area contributed by atoms with E-state index >= 15 is 0 Å². The van der Waals surface area contributed by atoms with Crippen molar-refractivity contribution in [2.24, 2.45) is 0 Å². The molecule has 2 heterocycles. The number of carbonyl (C=O) groups excluding carboxylic acids is 2. The molecule has 1 fully saturated rings. The molecule has 0 N–H and O–H groups in total. The topological polar surface area (TPSA) is 62.3 Å². The number of hydrogen-bond acceptors (Lipinski definition) is 6. The Morgan fingerprint density at radius 3 is 2.12 bits per heavy atom. The molecule has 0 atom stereocenters. The van der Waals surface area contributed by atoms with Crippen LogP contribution in [0.2, 0.25) is 0 Å². The number of ether oxygens (including phenoxy) is 2. The number of carbonyl (C=O) groups is 2. The Bertz CT molecular complexity index is 1050. The van der Waals surface area contributed by atoms with Gasteiger partial charge in [-0.15, -0.1) is 0 Å². The number of imide groups is 1. The Kier molecular flexibility index (Phi) is 6.58. The van der Waals surface area contributed by atoms with E-state index in [0.717, 1.165) is 35.8 Å². The van der Waals surface area contributed by atoms with Crippen molar-refractivity contribution in [2.75, 3.05) is 44.8 Å². The average molecular weight is 450 g/mol. The number of hydrogen-bond donors (Lipinski definition) is 0. The van der Waals surface area contributed by atoms with Gasteiger partial charge in [0.1, 0.15) is 17.2 Å². The molecule has 2 aliphatic rings. The highest BCUT2D eigenvalue weighted by atomic mass is 16.5. The van der Waals surface area contributed by atoms with Gasteiger partial charge in [-0.05, 0) is 50.6 Å². The van der Waals surface area contributed by atoms with E-state index < -0.39 is 0 Å². The number of piperazine rings is 1. The summed E-state index contributed by atoms with van der Waals surface area (Å²) in [5.74, 6) is 1.12. The SMILES string of the molecule is CCOc1ccc(C2=C(N3CCN(c4ccccc4OC)CC3)C(=O)N(C(C)C)C2=O)cc1. The minimum Gasteiger partial charge on any atom is -0.495 e. The van der Waals surface area contributed by atoms with Crippen LogP contribution in [-0.4, -0.2) is 67.6 Å². The molecule has 0 aliphatic carbocycles. The maximum atomic E-state index is 13.4. The molecule has 0 spiro atoms. The number of methoxy groups -OCH3 is 1. The second-order valence-corrected chi connectivity index (χ2v) is 8.40. The quantitative estimate of drug-likeness (QED) is 0.604. The molecule has 0 bridgehead atoms. The Morgan fingerprint density at radius 2 is 1.52 bits per heavy atom. The zero-order valence-corrected chi connectivity index (χ0v) is 19.7. The highest BCUT2D eigenvalue weighted by Gasteiger charge is 2.43. The minimum absolute atomic E-state index is 0.213. The Balaban J connectivity index is 1.64. The maximum Gasteiger partial charge on any atom is 0.278 e. The number of benzene rings is 2. The first-order valence-electron chi connectivity index (χ1n) is 11.4. The van der Waals surface area contributed by atoms with Gasteiger partial charge in [-0.1, -0.05) is 24.3 Å². The van der Waals surface area contributed by atoms with Crippen LogP contribution in [0.5, 0.6) is 11.5 Å². The minimum atomic E-state index is -0.235. The van der Waals surface area contributed by atoms with Gasteiger partial charge in [0.05, 0.1) is 25.0 Å². The molecule has 2 amide bonds. The van der Waals surface area contributed by atoms with Crippen LogP contribution in [0.15, 0.2) is 54.2 Å². The zero-order chi connectivity index (χ0) is 23.5. The van der Waals surface area contributed by atoms with Gasteiger partial charge in [0.15, 0.2) is 0 Å². The zero-order valence-electron chi connectivity index (χ0n) is 19.7. The summed E-state index contributed by atoms with van der Waals surface area (Å²) in [5, 5.41) is 0. The summed E-state index contributed by atoms with van der Waals surface area (Å²) in [5.41, 5.74) is 2.75. The molecule has 2 aliphatic heterocycles. The van der Waals surface area contributed by atoms with Crippen LogP contribution < -0.4 is 14.4 Å². The number of nitrogens with zero attached hydrogens (tertiary/aromatic N) is 3. The summed E-state index contributed by atoms with van der Waals surface area (Å²) in [6.45, 7) is 8.97. The smallest absolute Gasteiger partial charge is 0.278 e. The largest absolute Gasteiger partial charge is 0.495 e. The van der Waals surface area contributed by atoms with Gasteiger partial charge in [0, 0.05) is 32.2 Å². The van der Waals surface area contributed by atoms with Crippen molar-refractivity contribution in [1.29, 1.82) is 0 Å². The van der Waals surface area contributed by atoms with Crippen LogP contribution in [0.25, 0.3) is 5.57 Å². The normalized spacial score (nSPS) is 16.8. The van der Waals surface area contributed by atoms with Crippen molar-refractivity contribution < 1.29 is 19.1 Å². The van der Waals surface area contributed by atoms with Gasteiger partial charge < -0.3 is 19.3 Å². The van der Waals surface area contributed by atoms with E-state index in [1.807, 2.05) is 69.3 Å². The fourth-order valence-corrected chi connectivity index (χ4v) is 4.50. The number of rotatable bonds is 7. The van der Waals surface area contributed by atoms with Gasteiger partial charge in [0.25, 0.3) is 11.8 Å². The Hall–Kier alpha value is -3.48. The first kappa shape index (κ1) is 22.7. The van der Waals surface area contributed by atoms with Crippen LogP contribution in [0.4, 0.5) is 5.69 Å². The summed E-state index contributed by atoms with van der Waals surface area (Å²) >= 11 is 0. The van der Waals surface area contributed by atoms with Gasteiger partial charge in [-0.3, -0.25) is 14.5 Å². The lowest BCUT2D eigenvalue weighted by Crippen LogP contribution is -2.48. The lowest BCUT2D eigenvalue weighted by Gasteiger charge is -2.38. The van der Waals surface area contributed by atoms with E-state index in [9.17, 15) is 9.59 Å². The molecule has 33 heavy (non-hydrogen) atoms. The monoisotopic (exact) mass is 449 g/mol. The molecule has 174 valence electrons. The predicted octanol–water partition coefficient (Wildman–Crippen LogP) is 3.40. The molecule has 0 aromatic heterocycles. The molecule has 0 radical (unpaired) electrons. The maximum absolute atomic E-state index is 13.4. The van der Waals surface area contributed by atoms with Gasteiger partial charge >= 0.3 is 0 Å². The third kappa shape index (κ3) is 4.27. The van der Waals surface area contributed by atoms with Crippen LogP contribution in [0.1, 0.15) is 26.3 Å². The molecular formula is C26H31N3O4. The Labute approximate surface area is 195 Å².